The molecule has 0 bridgehead atoms. The summed E-state index contributed by atoms with van der Waals surface area (Å²) in [6.45, 7) is 6.11. The molecule has 1 heterocycles. The largest absolute Gasteiger partial charge is 0.506 e. The smallest absolute Gasteiger partial charge is 0.344 e. The van der Waals surface area contributed by atoms with Crippen LogP contribution in [-0.2, 0) is 16.1 Å². The molecule has 39 heavy (non-hydrogen) atoms. The van der Waals surface area contributed by atoms with Crippen LogP contribution in [0.4, 0.5) is 0 Å². The zero-order valence-corrected chi connectivity index (χ0v) is 23.0. The number of aryl methyl sites for hydroxylation is 2. The van der Waals surface area contributed by atoms with E-state index in [1.165, 1.54) is 5.56 Å². The lowest BCUT2D eigenvalue weighted by Gasteiger charge is -2.12. The number of thioether (sulfide) groups is 1. The van der Waals surface area contributed by atoms with Crippen molar-refractivity contribution in [1.82, 2.24) is 0 Å². The molecule has 1 amide bonds. The van der Waals surface area contributed by atoms with Crippen LogP contribution in [0.2, 0.25) is 0 Å². The molecule has 1 aliphatic heterocycles. The molecule has 1 aliphatic rings. The number of methoxy groups -OCH3 is 1. The van der Waals surface area contributed by atoms with Crippen molar-refractivity contribution in [1.29, 1.82) is 0 Å². The molecule has 0 fully saturated rings. The van der Waals surface area contributed by atoms with Crippen LogP contribution in [0.15, 0.2) is 88.0 Å². The molecule has 1 N–H and O–H groups in total. The summed E-state index contributed by atoms with van der Waals surface area (Å²) in [5, 5.41) is 11.0. The van der Waals surface area contributed by atoms with Crippen LogP contribution in [0.1, 0.15) is 39.5 Å². The molecule has 0 atom stereocenters. The molecular formula is C31H29NO6S. The van der Waals surface area contributed by atoms with Crippen molar-refractivity contribution in [3.05, 3.63) is 111 Å². The Hall–Kier alpha value is -4.30. The highest BCUT2D eigenvalue weighted by molar-refractivity contribution is 8.18. The highest BCUT2D eigenvalue weighted by Crippen LogP contribution is 2.40. The fourth-order valence-corrected chi connectivity index (χ4v) is 4.75. The quantitative estimate of drug-likeness (QED) is 0.320. The van der Waals surface area contributed by atoms with Crippen molar-refractivity contribution >= 4 is 34.8 Å². The van der Waals surface area contributed by atoms with E-state index in [0.717, 1.165) is 22.9 Å². The second kappa shape index (κ2) is 12.5. The zero-order chi connectivity index (χ0) is 27.9. The van der Waals surface area contributed by atoms with E-state index in [9.17, 15) is 14.7 Å². The molecule has 7 nitrogen and oxygen atoms in total. The van der Waals surface area contributed by atoms with Gasteiger partial charge in [0.15, 0.2) is 11.5 Å². The lowest BCUT2D eigenvalue weighted by Crippen LogP contribution is -2.14. The molecule has 0 saturated carbocycles. The minimum Gasteiger partial charge on any atom is -0.506 e. The Labute approximate surface area is 231 Å². The summed E-state index contributed by atoms with van der Waals surface area (Å²) in [6.07, 6.45) is 1.68. The summed E-state index contributed by atoms with van der Waals surface area (Å²) < 4.78 is 16.6. The minimum atomic E-state index is -0.751. The summed E-state index contributed by atoms with van der Waals surface area (Å²) in [5.41, 5.74) is 4.14. The third-order valence-corrected chi connectivity index (χ3v) is 6.89. The van der Waals surface area contributed by atoms with Gasteiger partial charge in [-0.2, -0.15) is 0 Å². The van der Waals surface area contributed by atoms with Crippen molar-refractivity contribution in [3.8, 4) is 11.5 Å². The number of aliphatic imine (C=N–C) groups is 1. The number of nitrogens with zero attached hydrogens (tertiary/aromatic N) is 1. The van der Waals surface area contributed by atoms with Crippen molar-refractivity contribution in [2.24, 2.45) is 4.99 Å². The lowest BCUT2D eigenvalue weighted by atomic mass is 10.1. The average Bonchev–Trinajstić information content (AvgIpc) is 3.23. The lowest BCUT2D eigenvalue weighted by molar-refractivity contribution is -0.138. The van der Waals surface area contributed by atoms with Gasteiger partial charge in [-0.1, -0.05) is 65.4 Å². The van der Waals surface area contributed by atoms with E-state index in [0.29, 0.717) is 34.1 Å². The van der Waals surface area contributed by atoms with Crippen molar-refractivity contribution in [2.75, 3.05) is 13.7 Å². The first-order valence-electron chi connectivity index (χ1n) is 12.4. The van der Waals surface area contributed by atoms with Gasteiger partial charge in [0, 0.05) is 5.56 Å². The van der Waals surface area contributed by atoms with Crippen LogP contribution in [0.3, 0.4) is 0 Å². The van der Waals surface area contributed by atoms with Gasteiger partial charge < -0.3 is 19.3 Å². The maximum absolute atomic E-state index is 12.8. The van der Waals surface area contributed by atoms with Gasteiger partial charge in [0.05, 0.1) is 18.6 Å². The molecule has 0 saturated heterocycles. The number of hydrogen-bond donors (Lipinski definition) is 1. The van der Waals surface area contributed by atoms with E-state index in [1.54, 1.807) is 44.4 Å². The molecule has 3 aromatic carbocycles. The summed E-state index contributed by atoms with van der Waals surface area (Å²) in [5.74, 6) is -0.495. The van der Waals surface area contributed by atoms with E-state index in [1.807, 2.05) is 56.3 Å². The topological polar surface area (TPSA) is 94.4 Å². The number of hydrogen-bond acceptors (Lipinski definition) is 7. The standard InChI is InChI=1S/C31H29NO6S/c1-5-37-31(35)27-28(33)26(39-30(27)32-29(34)23-13-8-20(3)9-14-23)17-22-12-15-24(25(16-22)36-4)38-18-21-10-6-19(2)7-11-21/h6-17,33H,5,18H2,1-4H3/b26-17-,32-30?. The van der Waals surface area contributed by atoms with E-state index in [2.05, 4.69) is 4.99 Å². The number of amides is 1. The van der Waals surface area contributed by atoms with Crippen LogP contribution >= 0.6 is 11.8 Å². The highest BCUT2D eigenvalue weighted by Gasteiger charge is 2.34. The second-order valence-electron chi connectivity index (χ2n) is 8.83. The third kappa shape index (κ3) is 6.78. The third-order valence-electron chi connectivity index (χ3n) is 5.87. The average molecular weight is 544 g/mol. The monoisotopic (exact) mass is 543 g/mol. The number of ether oxygens (including phenoxy) is 3. The SMILES string of the molecule is CCOC(=O)C1=C(O)/C(=C/c2ccc(OCc3ccc(C)cc3)c(OC)c2)SC1=NC(=O)c1ccc(C)cc1. The Morgan fingerprint density at radius 1 is 0.949 bits per heavy atom. The number of esters is 1. The van der Waals surface area contributed by atoms with E-state index in [4.69, 9.17) is 14.2 Å². The number of rotatable bonds is 8. The molecular weight excluding hydrogens is 514 g/mol. The molecule has 8 heteroatoms. The van der Waals surface area contributed by atoms with Crippen LogP contribution in [0.25, 0.3) is 6.08 Å². The highest BCUT2D eigenvalue weighted by atomic mass is 32.2. The summed E-state index contributed by atoms with van der Waals surface area (Å²) in [4.78, 5) is 30.0. The number of benzene rings is 3. The van der Waals surface area contributed by atoms with Gasteiger partial charge in [0.25, 0.3) is 5.91 Å². The fraction of sp³-hybridized carbons (Fsp3) is 0.194. The van der Waals surface area contributed by atoms with Gasteiger partial charge in [-0.05, 0) is 62.2 Å². The van der Waals surface area contributed by atoms with Crippen LogP contribution < -0.4 is 9.47 Å². The van der Waals surface area contributed by atoms with Gasteiger partial charge in [-0.15, -0.1) is 0 Å². The Balaban J connectivity index is 1.61. The predicted octanol–water partition coefficient (Wildman–Crippen LogP) is 6.59. The molecule has 4 rings (SSSR count). The van der Waals surface area contributed by atoms with Gasteiger partial charge in [0.1, 0.15) is 23.0 Å². The number of carbonyl (C=O) groups is 2. The molecule has 0 aliphatic carbocycles. The van der Waals surface area contributed by atoms with E-state index in [-0.39, 0.29) is 23.0 Å². The van der Waals surface area contributed by atoms with Crippen LogP contribution in [0, 0.1) is 13.8 Å². The molecule has 0 unspecified atom stereocenters. The minimum absolute atomic E-state index is 0.0767. The Kier molecular flexibility index (Phi) is 8.88. The first kappa shape index (κ1) is 27.7. The maximum Gasteiger partial charge on any atom is 0.344 e. The van der Waals surface area contributed by atoms with E-state index < -0.39 is 11.9 Å². The summed E-state index contributed by atoms with van der Waals surface area (Å²) in [6, 6.07) is 20.4. The van der Waals surface area contributed by atoms with Crippen molar-refractivity contribution in [3.63, 3.8) is 0 Å². The molecule has 200 valence electrons. The number of aliphatic hydroxyl groups is 1. The maximum atomic E-state index is 12.8. The van der Waals surface area contributed by atoms with Crippen molar-refractivity contribution in [2.45, 2.75) is 27.4 Å². The van der Waals surface area contributed by atoms with Crippen molar-refractivity contribution < 1.29 is 28.9 Å². The Bertz CT molecular complexity index is 1470. The van der Waals surface area contributed by atoms with Gasteiger partial charge >= 0.3 is 5.97 Å². The first-order valence-corrected chi connectivity index (χ1v) is 13.2. The van der Waals surface area contributed by atoms with E-state index >= 15 is 0 Å². The molecule has 0 spiro atoms. The molecule has 0 aromatic heterocycles. The normalized spacial score (nSPS) is 15.1. The fourth-order valence-electron chi connectivity index (χ4n) is 3.73. The first-order chi connectivity index (χ1) is 18.8. The Morgan fingerprint density at radius 3 is 2.26 bits per heavy atom. The number of carbonyl (C=O) groups excluding carboxylic acids is 2. The summed E-state index contributed by atoms with van der Waals surface area (Å²) in [7, 11) is 1.55. The van der Waals surface area contributed by atoms with Gasteiger partial charge in [-0.25, -0.2) is 9.79 Å². The van der Waals surface area contributed by atoms with Gasteiger partial charge in [0.2, 0.25) is 0 Å². The summed E-state index contributed by atoms with van der Waals surface area (Å²) >= 11 is 1.02. The Morgan fingerprint density at radius 2 is 1.62 bits per heavy atom. The van der Waals surface area contributed by atoms with Crippen LogP contribution in [0.5, 0.6) is 11.5 Å². The second-order valence-corrected chi connectivity index (χ2v) is 9.86. The molecule has 3 aromatic rings. The van der Waals surface area contributed by atoms with Gasteiger partial charge in [-0.3, -0.25) is 4.79 Å². The predicted molar refractivity (Wildman–Crippen MR) is 153 cm³/mol. The molecule has 0 radical (unpaired) electrons. The number of aliphatic hydroxyl groups excluding tert-OH is 1. The zero-order valence-electron chi connectivity index (χ0n) is 22.2. The van der Waals surface area contributed by atoms with Crippen LogP contribution in [-0.4, -0.2) is 35.7 Å².